The molecule has 0 unspecified atom stereocenters. The molecule has 0 aliphatic heterocycles. The standard InChI is InChI=1S/C14H13F3N2O2/c1-21-11-8-10(7-9-3-2-5-18-12(9)11)13(20)19-6-4-14(15,16)17/h2-3,5,7-8H,4,6H2,1H3,(H,19,20). The van der Waals surface area contributed by atoms with Gasteiger partial charge in [-0.3, -0.25) is 9.78 Å². The fourth-order valence-electron chi connectivity index (χ4n) is 1.87. The normalized spacial score (nSPS) is 11.4. The zero-order chi connectivity index (χ0) is 15.5. The highest BCUT2D eigenvalue weighted by atomic mass is 19.4. The van der Waals surface area contributed by atoms with Crippen LogP contribution >= 0.6 is 0 Å². The van der Waals surface area contributed by atoms with Crippen LogP contribution in [0.5, 0.6) is 5.75 Å². The van der Waals surface area contributed by atoms with Crippen molar-refractivity contribution in [3.05, 3.63) is 36.0 Å². The second-order valence-electron chi connectivity index (χ2n) is 4.37. The van der Waals surface area contributed by atoms with Crippen molar-refractivity contribution in [3.63, 3.8) is 0 Å². The molecule has 0 bridgehead atoms. The monoisotopic (exact) mass is 298 g/mol. The number of halogens is 3. The van der Waals surface area contributed by atoms with Crippen molar-refractivity contribution in [1.82, 2.24) is 10.3 Å². The highest BCUT2D eigenvalue weighted by Gasteiger charge is 2.26. The molecule has 7 heteroatoms. The second kappa shape index (κ2) is 5.99. The molecular formula is C14H13F3N2O2. The molecule has 2 aromatic rings. The predicted octanol–water partition coefficient (Wildman–Crippen LogP) is 2.93. The molecule has 1 N–H and O–H groups in total. The van der Waals surface area contributed by atoms with Crippen molar-refractivity contribution < 1.29 is 22.7 Å². The third-order valence-corrected chi connectivity index (χ3v) is 2.85. The van der Waals surface area contributed by atoms with Crippen LogP contribution in [0.3, 0.4) is 0 Å². The summed E-state index contributed by atoms with van der Waals surface area (Å²) < 4.78 is 41.3. The summed E-state index contributed by atoms with van der Waals surface area (Å²) in [5.74, 6) is -0.183. The van der Waals surface area contributed by atoms with Crippen LogP contribution in [0.1, 0.15) is 16.8 Å². The lowest BCUT2D eigenvalue weighted by molar-refractivity contribution is -0.132. The van der Waals surface area contributed by atoms with Crippen LogP contribution < -0.4 is 10.1 Å². The molecule has 21 heavy (non-hydrogen) atoms. The lowest BCUT2D eigenvalue weighted by atomic mass is 10.1. The minimum atomic E-state index is -4.29. The molecule has 0 fully saturated rings. The van der Waals surface area contributed by atoms with Gasteiger partial charge in [-0.05, 0) is 18.2 Å². The Morgan fingerprint density at radius 1 is 1.38 bits per heavy atom. The van der Waals surface area contributed by atoms with Gasteiger partial charge in [-0.15, -0.1) is 0 Å². The van der Waals surface area contributed by atoms with E-state index in [0.29, 0.717) is 16.7 Å². The molecule has 0 radical (unpaired) electrons. The molecule has 0 spiro atoms. The summed E-state index contributed by atoms with van der Waals surface area (Å²) in [6.45, 7) is -0.463. The van der Waals surface area contributed by atoms with Crippen LogP contribution in [-0.4, -0.2) is 30.7 Å². The Hall–Kier alpha value is -2.31. The number of ether oxygens (including phenoxy) is 1. The first-order valence-electron chi connectivity index (χ1n) is 6.18. The van der Waals surface area contributed by atoms with E-state index in [1.807, 2.05) is 0 Å². The molecule has 2 rings (SSSR count). The summed E-state index contributed by atoms with van der Waals surface area (Å²) in [5.41, 5.74) is 0.821. The molecule has 1 aromatic carbocycles. The topological polar surface area (TPSA) is 51.2 Å². The summed E-state index contributed by atoms with van der Waals surface area (Å²) in [5, 5.41) is 2.92. The highest BCUT2D eigenvalue weighted by molar-refractivity contribution is 5.99. The fourth-order valence-corrected chi connectivity index (χ4v) is 1.87. The van der Waals surface area contributed by atoms with E-state index in [4.69, 9.17) is 4.74 Å². The number of hydrogen-bond donors (Lipinski definition) is 1. The Balaban J connectivity index is 2.20. The summed E-state index contributed by atoms with van der Waals surface area (Å²) in [6.07, 6.45) is -3.77. The first kappa shape index (κ1) is 15.1. The molecule has 1 heterocycles. The number of amides is 1. The molecule has 4 nitrogen and oxygen atoms in total. The van der Waals surface area contributed by atoms with Gasteiger partial charge in [0.1, 0.15) is 11.3 Å². The van der Waals surface area contributed by atoms with Crippen LogP contribution in [0.2, 0.25) is 0 Å². The molecule has 0 saturated heterocycles. The van der Waals surface area contributed by atoms with Gasteiger partial charge in [0.15, 0.2) is 0 Å². The van der Waals surface area contributed by atoms with E-state index in [9.17, 15) is 18.0 Å². The SMILES string of the molecule is COc1cc(C(=O)NCCC(F)(F)F)cc2cccnc12. The molecule has 0 atom stereocenters. The largest absolute Gasteiger partial charge is 0.494 e. The Morgan fingerprint density at radius 2 is 2.14 bits per heavy atom. The number of fused-ring (bicyclic) bond motifs is 1. The number of pyridine rings is 1. The average molecular weight is 298 g/mol. The maximum absolute atomic E-state index is 12.1. The maximum atomic E-state index is 12.1. The number of aromatic nitrogens is 1. The Kier molecular flexibility index (Phi) is 4.30. The van der Waals surface area contributed by atoms with Crippen molar-refractivity contribution >= 4 is 16.8 Å². The van der Waals surface area contributed by atoms with Crippen molar-refractivity contribution in [3.8, 4) is 5.75 Å². The molecule has 0 aliphatic carbocycles. The quantitative estimate of drug-likeness (QED) is 0.944. The number of nitrogens with zero attached hydrogens (tertiary/aromatic N) is 1. The molecule has 1 aromatic heterocycles. The molecule has 0 aliphatic rings. The molecule has 0 saturated carbocycles. The van der Waals surface area contributed by atoms with Gasteiger partial charge < -0.3 is 10.1 Å². The molecule has 1 amide bonds. The van der Waals surface area contributed by atoms with Crippen molar-refractivity contribution in [1.29, 1.82) is 0 Å². The highest BCUT2D eigenvalue weighted by Crippen LogP contribution is 2.25. The zero-order valence-electron chi connectivity index (χ0n) is 11.2. The first-order chi connectivity index (χ1) is 9.90. The van der Waals surface area contributed by atoms with Gasteiger partial charge in [0.25, 0.3) is 5.91 Å². The number of nitrogens with one attached hydrogen (secondary N) is 1. The number of methoxy groups -OCH3 is 1. The van der Waals surface area contributed by atoms with Crippen molar-refractivity contribution in [2.24, 2.45) is 0 Å². The zero-order valence-corrected chi connectivity index (χ0v) is 11.2. The van der Waals surface area contributed by atoms with E-state index in [1.165, 1.54) is 13.2 Å². The first-order valence-corrected chi connectivity index (χ1v) is 6.18. The summed E-state index contributed by atoms with van der Waals surface area (Å²) in [7, 11) is 1.44. The number of carbonyl (C=O) groups excluding carboxylic acids is 1. The number of benzene rings is 1. The van der Waals surface area contributed by atoms with Crippen LogP contribution in [0.25, 0.3) is 10.9 Å². The minimum Gasteiger partial charge on any atom is -0.494 e. The van der Waals surface area contributed by atoms with E-state index in [1.54, 1.807) is 24.4 Å². The van der Waals surface area contributed by atoms with E-state index < -0.39 is 25.0 Å². The molecule has 112 valence electrons. The van der Waals surface area contributed by atoms with Gasteiger partial charge in [-0.1, -0.05) is 6.07 Å². The number of alkyl halides is 3. The Morgan fingerprint density at radius 3 is 2.81 bits per heavy atom. The number of carbonyl (C=O) groups is 1. The summed E-state index contributed by atoms with van der Waals surface area (Å²) in [4.78, 5) is 16.0. The second-order valence-corrected chi connectivity index (χ2v) is 4.37. The average Bonchev–Trinajstić information content (AvgIpc) is 2.44. The minimum absolute atomic E-state index is 0.231. The van der Waals surface area contributed by atoms with Gasteiger partial charge >= 0.3 is 6.18 Å². The summed E-state index contributed by atoms with van der Waals surface area (Å²) in [6, 6.07) is 6.47. The van der Waals surface area contributed by atoms with Crippen molar-refractivity contribution in [2.75, 3.05) is 13.7 Å². The van der Waals surface area contributed by atoms with Crippen LogP contribution in [0.4, 0.5) is 13.2 Å². The maximum Gasteiger partial charge on any atom is 0.390 e. The Bertz CT molecular complexity index is 656. The van der Waals surface area contributed by atoms with Gasteiger partial charge in [0, 0.05) is 23.7 Å². The van der Waals surface area contributed by atoms with Crippen molar-refractivity contribution in [2.45, 2.75) is 12.6 Å². The Labute approximate surface area is 118 Å². The van der Waals surface area contributed by atoms with E-state index in [0.717, 1.165) is 0 Å². The third kappa shape index (κ3) is 3.84. The summed E-state index contributed by atoms with van der Waals surface area (Å²) >= 11 is 0. The van der Waals surface area contributed by atoms with E-state index in [-0.39, 0.29) is 5.56 Å². The van der Waals surface area contributed by atoms with E-state index >= 15 is 0 Å². The van der Waals surface area contributed by atoms with E-state index in [2.05, 4.69) is 10.3 Å². The van der Waals surface area contributed by atoms with Gasteiger partial charge in [0.2, 0.25) is 0 Å². The third-order valence-electron chi connectivity index (χ3n) is 2.85. The fraction of sp³-hybridized carbons (Fsp3) is 0.286. The lowest BCUT2D eigenvalue weighted by Gasteiger charge is -2.10. The molecular weight excluding hydrogens is 285 g/mol. The smallest absolute Gasteiger partial charge is 0.390 e. The van der Waals surface area contributed by atoms with Gasteiger partial charge in [-0.2, -0.15) is 13.2 Å². The van der Waals surface area contributed by atoms with Crippen LogP contribution in [0.15, 0.2) is 30.5 Å². The van der Waals surface area contributed by atoms with Gasteiger partial charge in [-0.25, -0.2) is 0 Å². The van der Waals surface area contributed by atoms with Gasteiger partial charge in [0.05, 0.1) is 13.5 Å². The number of hydrogen-bond acceptors (Lipinski definition) is 3. The number of rotatable bonds is 4. The van der Waals surface area contributed by atoms with Crippen LogP contribution in [0, 0.1) is 0 Å². The lowest BCUT2D eigenvalue weighted by Crippen LogP contribution is -2.27. The van der Waals surface area contributed by atoms with Crippen LogP contribution in [-0.2, 0) is 0 Å². The predicted molar refractivity (Wildman–Crippen MR) is 71.3 cm³/mol.